The zero-order valence-electron chi connectivity index (χ0n) is 20.1. The van der Waals surface area contributed by atoms with Crippen LogP contribution in [0.4, 0.5) is 5.69 Å². The van der Waals surface area contributed by atoms with Crippen molar-refractivity contribution in [2.75, 3.05) is 5.32 Å². The van der Waals surface area contributed by atoms with E-state index in [9.17, 15) is 9.59 Å². The van der Waals surface area contributed by atoms with Crippen LogP contribution in [0.2, 0.25) is 0 Å². The van der Waals surface area contributed by atoms with Gasteiger partial charge in [-0.25, -0.2) is 0 Å². The monoisotopic (exact) mass is 485 g/mol. The van der Waals surface area contributed by atoms with Gasteiger partial charge in [-0.3, -0.25) is 19.1 Å². The number of hydrogen-bond acceptors (Lipinski definition) is 6. The Balaban J connectivity index is 1.59. The number of hydrogen-bond donors (Lipinski definition) is 1. The summed E-state index contributed by atoms with van der Waals surface area (Å²) in [6.07, 6.45) is 3.44. The number of amides is 1. The molecule has 4 rings (SSSR count). The Morgan fingerprint density at radius 1 is 0.886 bits per heavy atom. The highest BCUT2D eigenvalue weighted by Crippen LogP contribution is 2.31. The van der Waals surface area contributed by atoms with Gasteiger partial charge in [0.25, 0.3) is 0 Å². The van der Waals surface area contributed by atoms with E-state index in [1.54, 1.807) is 36.7 Å². The molecule has 7 nitrogen and oxygen atoms in total. The van der Waals surface area contributed by atoms with Crippen molar-refractivity contribution in [1.82, 2.24) is 19.7 Å². The van der Waals surface area contributed by atoms with E-state index in [-0.39, 0.29) is 17.6 Å². The zero-order valence-corrected chi connectivity index (χ0v) is 20.9. The number of ketones is 1. The second-order valence-corrected chi connectivity index (χ2v) is 9.87. The van der Waals surface area contributed by atoms with Crippen LogP contribution in [0, 0.1) is 12.8 Å². The summed E-state index contributed by atoms with van der Waals surface area (Å²) in [6.45, 7) is 7.57. The smallest absolute Gasteiger partial charge is 0.226 e. The van der Waals surface area contributed by atoms with Gasteiger partial charge in [-0.2, -0.15) is 0 Å². The molecule has 0 aliphatic rings. The maximum Gasteiger partial charge on any atom is 0.226 e. The molecule has 1 N–H and O–H groups in total. The Hall–Kier alpha value is -3.78. The highest BCUT2D eigenvalue weighted by atomic mass is 32.2. The van der Waals surface area contributed by atoms with Crippen molar-refractivity contribution in [2.45, 2.75) is 38.1 Å². The molecule has 0 spiro atoms. The van der Waals surface area contributed by atoms with Crippen LogP contribution in [-0.4, -0.2) is 36.7 Å². The van der Waals surface area contributed by atoms with Crippen LogP contribution in [0.25, 0.3) is 17.1 Å². The third-order valence-electron chi connectivity index (χ3n) is 5.48. The van der Waals surface area contributed by atoms with Crippen molar-refractivity contribution in [1.29, 1.82) is 0 Å². The van der Waals surface area contributed by atoms with Crippen molar-refractivity contribution in [2.24, 2.45) is 5.92 Å². The first kappa shape index (κ1) is 24.3. The second kappa shape index (κ2) is 10.7. The SMILES string of the molecule is Cc1ccc(-n2c(S[C@@H](C)C(=O)c3ccc(NC(=O)C(C)C)cc3)nnc2-c2ccncc2)cc1. The molecule has 0 aliphatic carbocycles. The molecular formula is C27H27N5O2S. The van der Waals surface area contributed by atoms with Crippen molar-refractivity contribution in [3.63, 3.8) is 0 Å². The van der Waals surface area contributed by atoms with Crippen LogP contribution in [0.1, 0.15) is 36.7 Å². The minimum atomic E-state index is -0.398. The number of carbonyl (C=O) groups is 2. The van der Waals surface area contributed by atoms with Crippen LogP contribution in [-0.2, 0) is 4.79 Å². The summed E-state index contributed by atoms with van der Waals surface area (Å²) in [6, 6.07) is 18.9. The number of nitrogens with zero attached hydrogens (tertiary/aromatic N) is 4. The molecule has 1 amide bonds. The predicted octanol–water partition coefficient (Wildman–Crippen LogP) is 5.60. The van der Waals surface area contributed by atoms with Gasteiger partial charge in [-0.15, -0.1) is 10.2 Å². The number of Topliss-reactive ketones (excluding diaryl/α,β-unsaturated/α-hetero) is 1. The van der Waals surface area contributed by atoms with Crippen molar-refractivity contribution in [3.05, 3.63) is 84.2 Å². The fraction of sp³-hybridized carbons (Fsp3) is 0.222. The predicted molar refractivity (Wildman–Crippen MR) is 139 cm³/mol. The van der Waals surface area contributed by atoms with Crippen LogP contribution in [0.3, 0.4) is 0 Å². The molecule has 0 radical (unpaired) electrons. The van der Waals surface area contributed by atoms with E-state index < -0.39 is 5.25 Å². The van der Waals surface area contributed by atoms with Crippen LogP contribution >= 0.6 is 11.8 Å². The minimum Gasteiger partial charge on any atom is -0.326 e. The largest absolute Gasteiger partial charge is 0.326 e. The molecule has 2 aromatic heterocycles. The molecule has 4 aromatic rings. The summed E-state index contributed by atoms with van der Waals surface area (Å²) in [5.74, 6) is 0.480. The van der Waals surface area contributed by atoms with Gasteiger partial charge in [0, 0.05) is 40.8 Å². The third-order valence-corrected chi connectivity index (χ3v) is 6.52. The van der Waals surface area contributed by atoms with E-state index >= 15 is 0 Å². The van der Waals surface area contributed by atoms with Crippen molar-refractivity contribution in [3.8, 4) is 17.1 Å². The number of aryl methyl sites for hydroxylation is 1. The fourth-order valence-electron chi connectivity index (χ4n) is 3.41. The summed E-state index contributed by atoms with van der Waals surface area (Å²) in [5, 5.41) is 11.9. The van der Waals surface area contributed by atoms with Gasteiger partial charge in [0.1, 0.15) is 0 Å². The van der Waals surface area contributed by atoms with Gasteiger partial charge < -0.3 is 5.32 Å². The zero-order chi connectivity index (χ0) is 24.9. The van der Waals surface area contributed by atoms with Gasteiger partial charge in [0.05, 0.1) is 5.25 Å². The lowest BCUT2D eigenvalue weighted by atomic mass is 10.1. The summed E-state index contributed by atoms with van der Waals surface area (Å²) in [7, 11) is 0. The number of nitrogens with one attached hydrogen (secondary N) is 1. The van der Waals surface area contributed by atoms with Gasteiger partial charge in [0.15, 0.2) is 16.8 Å². The molecule has 1 atom stereocenters. The number of anilines is 1. The van der Waals surface area contributed by atoms with E-state index in [4.69, 9.17) is 0 Å². The molecule has 8 heteroatoms. The molecule has 0 aliphatic heterocycles. The molecule has 0 saturated heterocycles. The first-order chi connectivity index (χ1) is 16.8. The summed E-state index contributed by atoms with van der Waals surface area (Å²) in [5.41, 5.74) is 4.20. The maximum atomic E-state index is 13.2. The number of benzene rings is 2. The highest BCUT2D eigenvalue weighted by Gasteiger charge is 2.23. The van der Waals surface area contributed by atoms with Gasteiger partial charge >= 0.3 is 0 Å². The van der Waals surface area contributed by atoms with Gasteiger partial charge in [0.2, 0.25) is 5.91 Å². The van der Waals surface area contributed by atoms with E-state index in [0.29, 0.717) is 22.2 Å². The first-order valence-corrected chi connectivity index (χ1v) is 12.3. The molecule has 178 valence electrons. The fourth-order valence-corrected chi connectivity index (χ4v) is 4.36. The average Bonchev–Trinajstić information content (AvgIpc) is 3.28. The maximum absolute atomic E-state index is 13.2. The quantitative estimate of drug-likeness (QED) is 0.258. The highest BCUT2D eigenvalue weighted by molar-refractivity contribution is 8.00. The molecule has 0 saturated carbocycles. The van der Waals surface area contributed by atoms with Crippen LogP contribution in [0.5, 0.6) is 0 Å². The minimum absolute atomic E-state index is 0.0272. The lowest BCUT2D eigenvalue weighted by molar-refractivity contribution is -0.118. The number of pyridine rings is 1. The number of rotatable bonds is 8. The van der Waals surface area contributed by atoms with Gasteiger partial charge in [-0.1, -0.05) is 43.3 Å². The molecule has 35 heavy (non-hydrogen) atoms. The molecule has 2 aromatic carbocycles. The molecule has 0 fully saturated rings. The Bertz CT molecular complexity index is 1320. The average molecular weight is 486 g/mol. The third kappa shape index (κ3) is 5.66. The lowest BCUT2D eigenvalue weighted by Gasteiger charge is -2.14. The molecule has 0 unspecified atom stereocenters. The number of thioether (sulfide) groups is 1. The first-order valence-electron chi connectivity index (χ1n) is 11.4. The Labute approximate surface area is 209 Å². The van der Waals surface area contributed by atoms with Gasteiger partial charge in [-0.05, 0) is 62.4 Å². The Kier molecular flexibility index (Phi) is 7.41. The van der Waals surface area contributed by atoms with Crippen LogP contribution < -0.4 is 5.32 Å². The van der Waals surface area contributed by atoms with Crippen LogP contribution in [0.15, 0.2) is 78.2 Å². The summed E-state index contributed by atoms with van der Waals surface area (Å²) in [4.78, 5) is 29.2. The molecule has 2 heterocycles. The molecule has 0 bridgehead atoms. The number of carbonyl (C=O) groups excluding carboxylic acids is 2. The van der Waals surface area contributed by atoms with E-state index in [2.05, 4.69) is 20.5 Å². The van der Waals surface area contributed by atoms with Crippen molar-refractivity contribution < 1.29 is 9.59 Å². The van der Waals surface area contributed by atoms with E-state index in [1.165, 1.54) is 11.8 Å². The standard InChI is InChI=1S/C27H27N5O2S/c1-17(2)26(34)29-22-9-7-20(8-10-22)24(33)19(4)35-27-31-30-25(21-13-15-28-16-14-21)32(27)23-11-5-18(3)6-12-23/h5-17,19H,1-4H3,(H,29,34)/t19-/m0/s1. The number of aromatic nitrogens is 4. The van der Waals surface area contributed by atoms with E-state index in [0.717, 1.165) is 16.8 Å². The van der Waals surface area contributed by atoms with Crippen molar-refractivity contribution >= 4 is 29.1 Å². The second-order valence-electron chi connectivity index (χ2n) is 8.56. The summed E-state index contributed by atoms with van der Waals surface area (Å²) < 4.78 is 1.97. The summed E-state index contributed by atoms with van der Waals surface area (Å²) >= 11 is 1.36. The normalized spacial score (nSPS) is 11.9. The Morgan fingerprint density at radius 2 is 1.54 bits per heavy atom. The van der Waals surface area contributed by atoms with E-state index in [1.807, 2.05) is 68.7 Å². The lowest BCUT2D eigenvalue weighted by Crippen LogP contribution is -2.18. The molecular weight excluding hydrogens is 458 g/mol. The topological polar surface area (TPSA) is 89.8 Å². The Morgan fingerprint density at radius 3 is 2.17 bits per heavy atom.